The minimum absolute atomic E-state index is 0.0975. The molecule has 30 heavy (non-hydrogen) atoms. The molecule has 0 spiro atoms. The van der Waals surface area contributed by atoms with Crippen molar-refractivity contribution in [2.75, 3.05) is 25.9 Å². The molecule has 1 aromatic carbocycles. The Bertz CT molecular complexity index is 798. The van der Waals surface area contributed by atoms with E-state index in [-0.39, 0.29) is 11.9 Å². The van der Waals surface area contributed by atoms with Crippen LogP contribution in [0.1, 0.15) is 30.3 Å². The van der Waals surface area contributed by atoms with Crippen LogP contribution in [0.25, 0.3) is 11.3 Å². The summed E-state index contributed by atoms with van der Waals surface area (Å²) in [7, 11) is -0.975. The van der Waals surface area contributed by atoms with Gasteiger partial charge in [0.25, 0.3) is 5.91 Å². The van der Waals surface area contributed by atoms with Gasteiger partial charge in [-0.05, 0) is 56.1 Å². The highest BCUT2D eigenvalue weighted by molar-refractivity contribution is 7.82. The number of aromatic amines is 1. The molecule has 0 saturated carbocycles. The smallest absolute Gasteiger partial charge is 0.267 e. The van der Waals surface area contributed by atoms with Crippen molar-refractivity contribution in [1.82, 2.24) is 20.3 Å². The third-order valence-electron chi connectivity index (χ3n) is 3.96. The number of aromatic nitrogens is 1. The third kappa shape index (κ3) is 10.5. The number of amides is 2. The Kier molecular flexibility index (Phi) is 12.7. The van der Waals surface area contributed by atoms with Gasteiger partial charge in [0.2, 0.25) is 6.41 Å². The predicted octanol–water partition coefficient (Wildman–Crippen LogP) is 1.81. The van der Waals surface area contributed by atoms with Gasteiger partial charge in [-0.25, -0.2) is 8.93 Å². The molecule has 166 valence electrons. The van der Waals surface area contributed by atoms with Gasteiger partial charge in [-0.15, -0.1) is 0 Å². The molecule has 2 aromatic rings. The van der Waals surface area contributed by atoms with Gasteiger partial charge in [-0.2, -0.15) is 0 Å². The number of halogens is 1. The normalized spacial score (nSPS) is 12.3. The summed E-state index contributed by atoms with van der Waals surface area (Å²) in [5.74, 6) is -0.0975. The van der Waals surface area contributed by atoms with Gasteiger partial charge in [0.15, 0.2) is 0 Å². The molecule has 0 fully saturated rings. The van der Waals surface area contributed by atoms with Crippen molar-refractivity contribution in [3.63, 3.8) is 0 Å². The molecular weight excluding hydrogens is 426 g/mol. The topological polar surface area (TPSA) is 129 Å². The highest BCUT2D eigenvalue weighted by Crippen LogP contribution is 2.20. The van der Waals surface area contributed by atoms with Gasteiger partial charge in [-0.1, -0.05) is 23.7 Å². The van der Waals surface area contributed by atoms with Gasteiger partial charge >= 0.3 is 0 Å². The Hall–Kier alpha value is -2.20. The zero-order valence-corrected chi connectivity index (χ0v) is 18.8. The van der Waals surface area contributed by atoms with E-state index in [0.29, 0.717) is 36.8 Å². The Morgan fingerprint density at radius 2 is 1.93 bits per heavy atom. The first-order valence-corrected chi connectivity index (χ1v) is 11.5. The first-order chi connectivity index (χ1) is 14.4. The van der Waals surface area contributed by atoms with Crippen LogP contribution in [0.5, 0.6) is 0 Å². The third-order valence-corrected chi connectivity index (χ3v) is 4.83. The molecule has 0 aliphatic carbocycles. The largest absolute Gasteiger partial charge is 0.357 e. The van der Waals surface area contributed by atoms with Crippen LogP contribution in [-0.2, 0) is 15.8 Å². The van der Waals surface area contributed by atoms with Crippen molar-refractivity contribution in [3.05, 3.63) is 47.1 Å². The average Bonchev–Trinajstić information content (AvgIpc) is 3.21. The van der Waals surface area contributed by atoms with Gasteiger partial charge in [-0.3, -0.25) is 9.59 Å². The van der Waals surface area contributed by atoms with Crippen molar-refractivity contribution in [1.29, 1.82) is 0 Å². The molecule has 0 radical (unpaired) electrons. The van der Waals surface area contributed by atoms with E-state index in [1.54, 1.807) is 12.3 Å². The number of rotatable bonds is 11. The summed E-state index contributed by atoms with van der Waals surface area (Å²) in [6, 6.07) is 11.3. The maximum absolute atomic E-state index is 12.1. The number of carbonyl (C=O) groups excluding carboxylic acids is 2. The SMILES string of the molecule is CC(CCCN)NC(=O)c1ccc(-c2ccc(Cl)cc2)[nH]1.CS(=O)NCCNC=O. The Labute approximate surface area is 184 Å². The van der Waals surface area contributed by atoms with Crippen LogP contribution in [0.4, 0.5) is 0 Å². The highest BCUT2D eigenvalue weighted by Gasteiger charge is 2.12. The molecule has 2 unspecified atom stereocenters. The van der Waals surface area contributed by atoms with E-state index < -0.39 is 11.0 Å². The second-order valence-corrected chi connectivity index (χ2v) is 8.15. The minimum atomic E-state index is -0.975. The monoisotopic (exact) mass is 455 g/mol. The Balaban J connectivity index is 0.000000424. The number of hydrogen-bond acceptors (Lipinski definition) is 4. The van der Waals surface area contributed by atoms with Gasteiger partial charge < -0.3 is 21.4 Å². The van der Waals surface area contributed by atoms with Crippen molar-refractivity contribution < 1.29 is 13.8 Å². The Morgan fingerprint density at radius 1 is 1.23 bits per heavy atom. The van der Waals surface area contributed by atoms with Crippen LogP contribution in [0.2, 0.25) is 5.02 Å². The van der Waals surface area contributed by atoms with Crippen molar-refractivity contribution in [3.8, 4) is 11.3 Å². The van der Waals surface area contributed by atoms with E-state index >= 15 is 0 Å². The van der Waals surface area contributed by atoms with Crippen LogP contribution >= 0.6 is 11.6 Å². The molecular formula is C20H30ClN5O3S. The van der Waals surface area contributed by atoms with Crippen LogP contribution in [0.3, 0.4) is 0 Å². The van der Waals surface area contributed by atoms with Crippen molar-refractivity contribution in [2.24, 2.45) is 5.73 Å². The van der Waals surface area contributed by atoms with E-state index in [9.17, 15) is 13.8 Å². The van der Waals surface area contributed by atoms with Gasteiger partial charge in [0.1, 0.15) is 5.69 Å². The summed E-state index contributed by atoms with van der Waals surface area (Å²) in [4.78, 5) is 24.9. The zero-order valence-electron chi connectivity index (χ0n) is 17.2. The number of hydrogen-bond donors (Lipinski definition) is 5. The molecule has 0 aliphatic rings. The fourth-order valence-electron chi connectivity index (χ4n) is 2.45. The zero-order chi connectivity index (χ0) is 22.4. The minimum Gasteiger partial charge on any atom is -0.357 e. The molecule has 2 atom stereocenters. The summed E-state index contributed by atoms with van der Waals surface area (Å²) in [6.45, 7) is 3.69. The molecule has 1 aromatic heterocycles. The van der Waals surface area contributed by atoms with E-state index in [1.165, 1.54) is 0 Å². The molecule has 2 amide bonds. The molecule has 0 bridgehead atoms. The van der Waals surface area contributed by atoms with E-state index in [4.69, 9.17) is 17.3 Å². The molecule has 8 nitrogen and oxygen atoms in total. The Morgan fingerprint density at radius 3 is 2.53 bits per heavy atom. The number of carbonyl (C=O) groups is 2. The number of benzene rings is 1. The molecule has 10 heteroatoms. The van der Waals surface area contributed by atoms with E-state index in [2.05, 4.69) is 20.3 Å². The molecule has 1 heterocycles. The summed E-state index contributed by atoms with van der Waals surface area (Å²) < 4.78 is 12.9. The molecule has 0 saturated heterocycles. The molecule has 0 aliphatic heterocycles. The number of nitrogens with one attached hydrogen (secondary N) is 4. The van der Waals surface area contributed by atoms with Crippen LogP contribution in [-0.4, -0.2) is 53.4 Å². The summed E-state index contributed by atoms with van der Waals surface area (Å²) >= 11 is 5.87. The fraction of sp³-hybridized carbons (Fsp3) is 0.400. The van der Waals surface area contributed by atoms with Crippen LogP contribution in [0.15, 0.2) is 36.4 Å². The molecule has 2 rings (SSSR count). The van der Waals surface area contributed by atoms with E-state index in [0.717, 1.165) is 24.1 Å². The lowest BCUT2D eigenvalue weighted by Crippen LogP contribution is -2.33. The highest BCUT2D eigenvalue weighted by atomic mass is 35.5. The van der Waals surface area contributed by atoms with Gasteiger partial charge in [0, 0.05) is 36.1 Å². The molecule has 6 N–H and O–H groups in total. The van der Waals surface area contributed by atoms with Gasteiger partial charge in [0.05, 0.1) is 11.0 Å². The lowest BCUT2D eigenvalue weighted by atomic mass is 10.2. The second-order valence-electron chi connectivity index (χ2n) is 6.52. The first kappa shape index (κ1) is 25.8. The van der Waals surface area contributed by atoms with E-state index in [1.807, 2.05) is 37.3 Å². The standard InChI is InChI=1S/C16H20ClN3O.C4H10N2O2S/c1-11(3-2-10-18)19-16(21)15-9-8-14(20-15)12-4-6-13(17)7-5-12;1-9(8)6-3-2-5-4-7/h4-9,11,20H,2-3,10,18H2,1H3,(H,19,21);4,6H,2-3H2,1H3,(H,5,7). The summed E-state index contributed by atoms with van der Waals surface area (Å²) in [6.07, 6.45) is 3.94. The maximum atomic E-state index is 12.1. The summed E-state index contributed by atoms with van der Waals surface area (Å²) in [5, 5.41) is 6.08. The first-order valence-electron chi connectivity index (χ1n) is 9.57. The number of nitrogens with two attached hydrogens (primary N) is 1. The lowest BCUT2D eigenvalue weighted by Gasteiger charge is -2.12. The predicted molar refractivity (Wildman–Crippen MR) is 123 cm³/mol. The number of H-pyrrole nitrogens is 1. The van der Waals surface area contributed by atoms with Crippen LogP contribution < -0.4 is 21.1 Å². The maximum Gasteiger partial charge on any atom is 0.267 e. The van der Waals surface area contributed by atoms with Crippen molar-refractivity contribution in [2.45, 2.75) is 25.8 Å². The quantitative estimate of drug-likeness (QED) is 0.261. The van der Waals surface area contributed by atoms with Crippen LogP contribution in [0, 0.1) is 0 Å². The fourth-order valence-corrected chi connectivity index (χ4v) is 2.96. The lowest BCUT2D eigenvalue weighted by molar-refractivity contribution is -0.109. The van der Waals surface area contributed by atoms with Crippen molar-refractivity contribution >= 4 is 34.9 Å². The second kappa shape index (κ2) is 14.7. The summed E-state index contributed by atoms with van der Waals surface area (Å²) in [5.41, 5.74) is 7.91. The average molecular weight is 456 g/mol.